The molecule has 0 bridgehead atoms. The zero-order chi connectivity index (χ0) is 21.3. The van der Waals surface area contributed by atoms with E-state index in [2.05, 4.69) is 53.2 Å². The number of carbonyl (C=O) groups is 1. The van der Waals surface area contributed by atoms with Gasteiger partial charge in [-0.25, -0.2) is 4.99 Å². The number of nitrogens with zero attached hydrogens (tertiary/aromatic N) is 3. The van der Waals surface area contributed by atoms with Crippen LogP contribution in [0.1, 0.15) is 57.1 Å². The lowest BCUT2D eigenvalue weighted by atomic mass is 9.95. The molecule has 2 aliphatic rings. The molecule has 0 aliphatic carbocycles. The highest BCUT2D eigenvalue weighted by molar-refractivity contribution is 5.80. The first kappa shape index (κ1) is 22.6. The lowest BCUT2D eigenvalue weighted by Crippen LogP contribution is -2.47. The van der Waals surface area contributed by atoms with Gasteiger partial charge >= 0.3 is 0 Å². The Balaban J connectivity index is 1.61. The molecule has 1 aromatic carbocycles. The van der Waals surface area contributed by atoms with Crippen LogP contribution in [0.2, 0.25) is 0 Å². The maximum atomic E-state index is 11.3. The van der Waals surface area contributed by atoms with E-state index in [9.17, 15) is 4.79 Å². The van der Waals surface area contributed by atoms with Gasteiger partial charge in [0.05, 0.1) is 6.54 Å². The average Bonchev–Trinajstić information content (AvgIpc) is 2.73. The molecule has 0 spiro atoms. The number of benzene rings is 1. The van der Waals surface area contributed by atoms with Gasteiger partial charge in [-0.3, -0.25) is 9.69 Å². The number of rotatable bonds is 7. The summed E-state index contributed by atoms with van der Waals surface area (Å²) in [4.78, 5) is 21.1. The third kappa shape index (κ3) is 7.01. The van der Waals surface area contributed by atoms with Crippen LogP contribution in [0.15, 0.2) is 29.3 Å². The van der Waals surface area contributed by atoms with Crippen LogP contribution in [0.25, 0.3) is 0 Å². The van der Waals surface area contributed by atoms with Crippen LogP contribution < -0.4 is 11.1 Å². The number of carbonyl (C=O) groups excluding carboxylic acids is 1. The van der Waals surface area contributed by atoms with Crippen LogP contribution in [0.3, 0.4) is 0 Å². The molecule has 2 saturated heterocycles. The van der Waals surface area contributed by atoms with Crippen molar-refractivity contribution in [2.24, 2.45) is 22.6 Å². The molecule has 6 nitrogen and oxygen atoms in total. The van der Waals surface area contributed by atoms with Gasteiger partial charge in [0.25, 0.3) is 0 Å². The number of hydrogen-bond acceptors (Lipinski definition) is 3. The van der Waals surface area contributed by atoms with Crippen molar-refractivity contribution in [1.82, 2.24) is 15.1 Å². The Bertz CT molecular complexity index is 711. The van der Waals surface area contributed by atoms with Crippen molar-refractivity contribution in [3.05, 3.63) is 35.4 Å². The van der Waals surface area contributed by atoms with Crippen molar-refractivity contribution in [2.45, 2.75) is 59.0 Å². The largest absolute Gasteiger partial charge is 0.370 e. The topological polar surface area (TPSA) is 74.0 Å². The monoisotopic (exact) mass is 413 g/mol. The zero-order valence-electron chi connectivity index (χ0n) is 18.8. The summed E-state index contributed by atoms with van der Waals surface area (Å²) in [6.07, 6.45) is 5.22. The molecule has 1 amide bonds. The van der Waals surface area contributed by atoms with Crippen molar-refractivity contribution in [3.63, 3.8) is 0 Å². The number of nitrogens with one attached hydrogen (secondary N) is 1. The van der Waals surface area contributed by atoms with Gasteiger partial charge in [-0.1, -0.05) is 31.2 Å². The van der Waals surface area contributed by atoms with E-state index in [1.807, 2.05) is 0 Å². The summed E-state index contributed by atoms with van der Waals surface area (Å²) in [5, 5.41) is 3.43. The van der Waals surface area contributed by atoms with Crippen LogP contribution in [0.5, 0.6) is 0 Å². The number of likely N-dealkylation sites (tertiary alicyclic amines) is 2. The van der Waals surface area contributed by atoms with E-state index in [1.165, 1.54) is 37.1 Å². The first-order chi connectivity index (χ1) is 14.5. The molecule has 3 rings (SSSR count). The molecule has 2 heterocycles. The molecule has 0 aromatic heterocycles. The van der Waals surface area contributed by atoms with Crippen LogP contribution >= 0.6 is 0 Å². The van der Waals surface area contributed by atoms with E-state index < -0.39 is 0 Å². The summed E-state index contributed by atoms with van der Waals surface area (Å²) in [5.41, 5.74) is 8.05. The van der Waals surface area contributed by atoms with Gasteiger partial charge in [-0.05, 0) is 68.7 Å². The van der Waals surface area contributed by atoms with Gasteiger partial charge in [-0.2, -0.15) is 0 Å². The van der Waals surface area contributed by atoms with E-state index in [-0.39, 0.29) is 5.91 Å². The summed E-state index contributed by atoms with van der Waals surface area (Å²) in [6.45, 7) is 11.2. The molecule has 1 unspecified atom stereocenters. The quantitative estimate of drug-likeness (QED) is 0.532. The van der Waals surface area contributed by atoms with Crippen molar-refractivity contribution < 1.29 is 4.79 Å². The highest BCUT2D eigenvalue weighted by atomic mass is 16.1. The number of primary amides is 1. The standard InChI is InChI=1S/C24H39N5O/c1-3-26-24(29-11-5-8-22(18-29)15-23(25)30)27-16-20-6-4-7-21(14-20)17-28-12-9-19(2)10-13-28/h4,6-7,14,19,22H,3,5,8-13,15-18H2,1-2H3,(H2,25,30)(H,26,27). The Hall–Kier alpha value is -2.08. The normalized spacial score (nSPS) is 21.6. The molecule has 0 radical (unpaired) electrons. The molecule has 1 aromatic rings. The van der Waals surface area contributed by atoms with E-state index in [0.717, 1.165) is 50.9 Å². The van der Waals surface area contributed by atoms with Crippen molar-refractivity contribution in [2.75, 3.05) is 32.7 Å². The summed E-state index contributed by atoms with van der Waals surface area (Å²) >= 11 is 0. The SMILES string of the molecule is CCNC(=NCc1cccc(CN2CCC(C)CC2)c1)N1CCCC(CC(N)=O)C1. The Morgan fingerprint density at radius 2 is 1.97 bits per heavy atom. The second kappa shape index (κ2) is 11.3. The van der Waals surface area contributed by atoms with Crippen molar-refractivity contribution >= 4 is 11.9 Å². The second-order valence-electron chi connectivity index (χ2n) is 9.07. The zero-order valence-corrected chi connectivity index (χ0v) is 18.8. The summed E-state index contributed by atoms with van der Waals surface area (Å²) < 4.78 is 0. The Labute approximate surface area is 181 Å². The van der Waals surface area contributed by atoms with Crippen LogP contribution in [0.4, 0.5) is 0 Å². The molecular formula is C24H39N5O. The number of aliphatic imine (C=N–C) groups is 1. The Kier molecular flexibility index (Phi) is 8.55. The fourth-order valence-corrected chi connectivity index (χ4v) is 4.61. The summed E-state index contributed by atoms with van der Waals surface area (Å²) in [7, 11) is 0. The molecule has 1 atom stereocenters. The molecule has 3 N–H and O–H groups in total. The molecule has 2 aliphatic heterocycles. The predicted molar refractivity (Wildman–Crippen MR) is 123 cm³/mol. The minimum absolute atomic E-state index is 0.205. The molecule has 0 saturated carbocycles. The van der Waals surface area contributed by atoms with Crippen LogP contribution in [0, 0.1) is 11.8 Å². The van der Waals surface area contributed by atoms with Gasteiger partial charge in [0.15, 0.2) is 5.96 Å². The van der Waals surface area contributed by atoms with E-state index in [4.69, 9.17) is 10.7 Å². The Morgan fingerprint density at radius 1 is 1.20 bits per heavy atom. The third-order valence-electron chi connectivity index (χ3n) is 6.33. The lowest BCUT2D eigenvalue weighted by Gasteiger charge is -2.34. The minimum atomic E-state index is -0.205. The number of nitrogens with two attached hydrogens (primary N) is 1. The van der Waals surface area contributed by atoms with Gasteiger partial charge in [0.1, 0.15) is 0 Å². The fraction of sp³-hybridized carbons (Fsp3) is 0.667. The van der Waals surface area contributed by atoms with E-state index in [0.29, 0.717) is 18.9 Å². The highest BCUT2D eigenvalue weighted by Crippen LogP contribution is 2.20. The maximum Gasteiger partial charge on any atom is 0.217 e. The van der Waals surface area contributed by atoms with E-state index in [1.54, 1.807) is 0 Å². The van der Waals surface area contributed by atoms with Gasteiger partial charge < -0.3 is 16.0 Å². The lowest BCUT2D eigenvalue weighted by molar-refractivity contribution is -0.119. The smallest absolute Gasteiger partial charge is 0.217 e. The minimum Gasteiger partial charge on any atom is -0.370 e. The molecule has 166 valence electrons. The average molecular weight is 414 g/mol. The summed E-state index contributed by atoms with van der Waals surface area (Å²) in [5.74, 6) is 1.94. The second-order valence-corrected chi connectivity index (χ2v) is 9.07. The molecule has 6 heteroatoms. The Morgan fingerprint density at radius 3 is 2.70 bits per heavy atom. The number of guanidine groups is 1. The van der Waals surface area contributed by atoms with Crippen LogP contribution in [-0.4, -0.2) is 54.4 Å². The van der Waals surface area contributed by atoms with Gasteiger partial charge in [0.2, 0.25) is 5.91 Å². The molecular weight excluding hydrogens is 374 g/mol. The van der Waals surface area contributed by atoms with E-state index >= 15 is 0 Å². The molecule has 30 heavy (non-hydrogen) atoms. The first-order valence-electron chi connectivity index (χ1n) is 11.6. The fourth-order valence-electron chi connectivity index (χ4n) is 4.61. The highest BCUT2D eigenvalue weighted by Gasteiger charge is 2.23. The number of hydrogen-bond donors (Lipinski definition) is 2. The van der Waals surface area contributed by atoms with Crippen LogP contribution in [-0.2, 0) is 17.9 Å². The van der Waals surface area contributed by atoms with Gasteiger partial charge in [0, 0.05) is 32.6 Å². The van der Waals surface area contributed by atoms with Gasteiger partial charge in [-0.15, -0.1) is 0 Å². The predicted octanol–water partition coefficient (Wildman–Crippen LogP) is 2.97. The van der Waals surface area contributed by atoms with Crippen molar-refractivity contribution in [1.29, 1.82) is 0 Å². The first-order valence-corrected chi connectivity index (χ1v) is 11.6. The number of amides is 1. The number of piperidine rings is 2. The summed E-state index contributed by atoms with van der Waals surface area (Å²) in [6, 6.07) is 8.86. The third-order valence-corrected chi connectivity index (χ3v) is 6.33. The molecule has 2 fully saturated rings. The van der Waals surface area contributed by atoms with Crippen molar-refractivity contribution in [3.8, 4) is 0 Å². The maximum absolute atomic E-state index is 11.3.